The third kappa shape index (κ3) is 2.60. The monoisotopic (exact) mass is 102 g/mol. The molecule has 0 radical (unpaired) electrons. The second-order valence-corrected chi connectivity index (χ2v) is 1.94. The topological polar surface area (TPSA) is 29.3 Å². The molecule has 2 nitrogen and oxygen atoms in total. The van der Waals surface area contributed by atoms with Gasteiger partial charge in [0.25, 0.3) is 0 Å². The van der Waals surface area contributed by atoms with E-state index in [-0.39, 0.29) is 6.17 Å². The van der Waals surface area contributed by atoms with E-state index in [0.717, 1.165) is 6.42 Å². The van der Waals surface area contributed by atoms with E-state index < -0.39 is 0 Å². The molecule has 0 fully saturated rings. The fourth-order valence-electron chi connectivity index (χ4n) is 0.365. The Labute approximate surface area is 45.3 Å². The van der Waals surface area contributed by atoms with Gasteiger partial charge in [-0.2, -0.15) is 0 Å². The highest BCUT2D eigenvalue weighted by molar-refractivity contribution is 4.51. The molecule has 2 heteroatoms. The summed E-state index contributed by atoms with van der Waals surface area (Å²) in [4.78, 5) is 2.00. The van der Waals surface area contributed by atoms with Crippen molar-refractivity contribution < 1.29 is 0 Å². The zero-order valence-electron chi connectivity index (χ0n) is 5.31. The minimum absolute atomic E-state index is 0.236. The molecular formula is C5H14N2. The number of hydrogen-bond acceptors (Lipinski definition) is 2. The van der Waals surface area contributed by atoms with E-state index in [2.05, 4.69) is 6.92 Å². The lowest BCUT2D eigenvalue weighted by atomic mass is 10.4. The Hall–Kier alpha value is -0.0800. The Bertz CT molecular complexity index is 43.3. The van der Waals surface area contributed by atoms with E-state index in [9.17, 15) is 0 Å². The van der Waals surface area contributed by atoms with Crippen LogP contribution in [0.3, 0.4) is 0 Å². The molecule has 0 heterocycles. The normalized spacial score (nSPS) is 15.0. The van der Waals surface area contributed by atoms with Crippen molar-refractivity contribution in [3.8, 4) is 0 Å². The minimum Gasteiger partial charge on any atom is -0.316 e. The molecule has 1 atom stereocenters. The van der Waals surface area contributed by atoms with Gasteiger partial charge in [-0.05, 0) is 20.5 Å². The van der Waals surface area contributed by atoms with Gasteiger partial charge in [0.1, 0.15) is 0 Å². The van der Waals surface area contributed by atoms with Gasteiger partial charge in [-0.1, -0.05) is 6.92 Å². The number of rotatable bonds is 2. The van der Waals surface area contributed by atoms with Crippen LogP contribution in [0, 0.1) is 0 Å². The Morgan fingerprint density at radius 2 is 2.00 bits per heavy atom. The molecule has 7 heavy (non-hydrogen) atoms. The molecule has 0 aromatic rings. The van der Waals surface area contributed by atoms with Crippen LogP contribution in [0.25, 0.3) is 0 Å². The van der Waals surface area contributed by atoms with Crippen LogP contribution >= 0.6 is 0 Å². The van der Waals surface area contributed by atoms with Gasteiger partial charge in [0.2, 0.25) is 0 Å². The highest BCUT2D eigenvalue weighted by atomic mass is 15.2. The van der Waals surface area contributed by atoms with Crippen LogP contribution in [0.2, 0.25) is 0 Å². The highest BCUT2D eigenvalue weighted by Crippen LogP contribution is 1.86. The summed E-state index contributed by atoms with van der Waals surface area (Å²) in [6.07, 6.45) is 1.26. The van der Waals surface area contributed by atoms with Crippen LogP contribution in [0.1, 0.15) is 13.3 Å². The standard InChI is InChI=1S/C5H14N2/c1-4-5(6)7(2)3/h5H,4,6H2,1-3H3/t5-/m1/s1. The van der Waals surface area contributed by atoms with Crippen molar-refractivity contribution in [2.24, 2.45) is 5.73 Å². The Morgan fingerprint density at radius 1 is 1.57 bits per heavy atom. The minimum atomic E-state index is 0.236. The second kappa shape index (κ2) is 2.99. The van der Waals surface area contributed by atoms with Crippen molar-refractivity contribution in [3.63, 3.8) is 0 Å². The van der Waals surface area contributed by atoms with Gasteiger partial charge in [-0.25, -0.2) is 0 Å². The van der Waals surface area contributed by atoms with Gasteiger partial charge < -0.3 is 5.73 Å². The molecule has 0 aromatic heterocycles. The summed E-state index contributed by atoms with van der Waals surface area (Å²) in [5, 5.41) is 0. The maximum absolute atomic E-state index is 5.54. The van der Waals surface area contributed by atoms with Crippen LogP contribution in [0.4, 0.5) is 0 Å². The molecular weight excluding hydrogens is 88.1 g/mol. The Balaban J connectivity index is 3.14. The highest BCUT2D eigenvalue weighted by Gasteiger charge is 1.97. The van der Waals surface area contributed by atoms with Gasteiger partial charge in [-0.15, -0.1) is 0 Å². The zero-order chi connectivity index (χ0) is 5.86. The second-order valence-electron chi connectivity index (χ2n) is 1.94. The van der Waals surface area contributed by atoms with Crippen molar-refractivity contribution in [1.82, 2.24) is 4.90 Å². The van der Waals surface area contributed by atoms with Crippen molar-refractivity contribution in [1.29, 1.82) is 0 Å². The maximum atomic E-state index is 5.54. The van der Waals surface area contributed by atoms with Gasteiger partial charge in [0, 0.05) is 0 Å². The van der Waals surface area contributed by atoms with Crippen molar-refractivity contribution in [2.75, 3.05) is 14.1 Å². The van der Waals surface area contributed by atoms with E-state index in [1.165, 1.54) is 0 Å². The smallest absolute Gasteiger partial charge is 0.0563 e. The Morgan fingerprint density at radius 3 is 2.00 bits per heavy atom. The summed E-state index contributed by atoms with van der Waals surface area (Å²) in [6, 6.07) is 0. The summed E-state index contributed by atoms with van der Waals surface area (Å²) < 4.78 is 0. The van der Waals surface area contributed by atoms with Crippen LogP contribution < -0.4 is 5.73 Å². The number of hydrogen-bond donors (Lipinski definition) is 1. The third-order valence-electron chi connectivity index (χ3n) is 1.08. The predicted octanol–water partition coefficient (Wildman–Crippen LogP) is 0.243. The number of nitrogens with two attached hydrogens (primary N) is 1. The zero-order valence-corrected chi connectivity index (χ0v) is 5.31. The summed E-state index contributed by atoms with van der Waals surface area (Å²) in [5.41, 5.74) is 5.54. The Kier molecular flexibility index (Phi) is 2.96. The SMILES string of the molecule is CC[C@H](N)N(C)C. The van der Waals surface area contributed by atoms with Gasteiger partial charge in [-0.3, -0.25) is 4.90 Å². The molecule has 0 aromatic carbocycles. The van der Waals surface area contributed by atoms with Crippen LogP contribution in [0.5, 0.6) is 0 Å². The molecule has 0 aliphatic heterocycles. The van der Waals surface area contributed by atoms with Crippen molar-refractivity contribution in [3.05, 3.63) is 0 Å². The molecule has 2 N–H and O–H groups in total. The predicted molar refractivity (Wildman–Crippen MR) is 32.0 cm³/mol. The molecule has 0 rings (SSSR count). The fourth-order valence-corrected chi connectivity index (χ4v) is 0.365. The molecule has 0 amide bonds. The van der Waals surface area contributed by atoms with E-state index in [0.29, 0.717) is 0 Å². The first-order valence-corrected chi connectivity index (χ1v) is 2.60. The van der Waals surface area contributed by atoms with Crippen LogP contribution in [0.15, 0.2) is 0 Å². The molecule has 0 saturated heterocycles. The van der Waals surface area contributed by atoms with Gasteiger partial charge >= 0.3 is 0 Å². The quantitative estimate of drug-likeness (QED) is 0.506. The lowest BCUT2D eigenvalue weighted by Crippen LogP contribution is -2.35. The van der Waals surface area contributed by atoms with E-state index >= 15 is 0 Å². The molecule has 0 spiro atoms. The van der Waals surface area contributed by atoms with Crippen LogP contribution in [-0.2, 0) is 0 Å². The average Bonchev–Trinajstić information content (AvgIpc) is 1.65. The van der Waals surface area contributed by atoms with Crippen molar-refractivity contribution in [2.45, 2.75) is 19.5 Å². The van der Waals surface area contributed by atoms with Crippen LogP contribution in [-0.4, -0.2) is 25.2 Å². The maximum Gasteiger partial charge on any atom is 0.0563 e. The number of nitrogens with zero attached hydrogens (tertiary/aromatic N) is 1. The molecule has 0 unspecified atom stereocenters. The van der Waals surface area contributed by atoms with E-state index in [1.54, 1.807) is 0 Å². The molecule has 0 saturated carbocycles. The fraction of sp³-hybridized carbons (Fsp3) is 1.00. The first-order chi connectivity index (χ1) is 3.18. The largest absolute Gasteiger partial charge is 0.316 e. The first kappa shape index (κ1) is 6.92. The molecule has 0 aliphatic rings. The average molecular weight is 102 g/mol. The molecule has 0 aliphatic carbocycles. The lowest BCUT2D eigenvalue weighted by molar-refractivity contribution is 0.293. The summed E-state index contributed by atoms with van der Waals surface area (Å²) in [6.45, 7) is 2.07. The van der Waals surface area contributed by atoms with Crippen molar-refractivity contribution >= 4 is 0 Å². The third-order valence-corrected chi connectivity index (χ3v) is 1.08. The molecule has 44 valence electrons. The summed E-state index contributed by atoms with van der Waals surface area (Å²) in [7, 11) is 3.96. The van der Waals surface area contributed by atoms with Gasteiger partial charge in [0.15, 0.2) is 0 Å². The van der Waals surface area contributed by atoms with E-state index in [1.807, 2.05) is 19.0 Å². The van der Waals surface area contributed by atoms with Gasteiger partial charge in [0.05, 0.1) is 6.17 Å². The lowest BCUT2D eigenvalue weighted by Gasteiger charge is -2.16. The first-order valence-electron chi connectivity index (χ1n) is 2.60. The molecule has 0 bridgehead atoms. The summed E-state index contributed by atoms with van der Waals surface area (Å²) >= 11 is 0. The van der Waals surface area contributed by atoms with E-state index in [4.69, 9.17) is 5.73 Å². The summed E-state index contributed by atoms with van der Waals surface area (Å²) in [5.74, 6) is 0.